The summed E-state index contributed by atoms with van der Waals surface area (Å²) in [6.45, 7) is 6.23. The molecule has 2 rings (SSSR count). The maximum Gasteiger partial charge on any atom is 0.248 e. The van der Waals surface area contributed by atoms with Crippen LogP contribution in [0.5, 0.6) is 0 Å². The van der Waals surface area contributed by atoms with Crippen LogP contribution in [0.25, 0.3) is 0 Å². The van der Waals surface area contributed by atoms with Crippen LogP contribution in [0, 0.1) is 5.41 Å². The first-order valence-electron chi connectivity index (χ1n) is 7.14. The topological polar surface area (TPSA) is 76.0 Å². The number of carbonyl (C=O) groups is 2. The van der Waals surface area contributed by atoms with Gasteiger partial charge in [0.25, 0.3) is 0 Å². The Hall–Kier alpha value is -2.11. The van der Waals surface area contributed by atoms with Crippen LogP contribution in [0.3, 0.4) is 0 Å². The highest BCUT2D eigenvalue weighted by Crippen LogP contribution is 2.18. The van der Waals surface area contributed by atoms with Crippen LogP contribution in [0.2, 0.25) is 0 Å². The van der Waals surface area contributed by atoms with E-state index in [9.17, 15) is 9.59 Å². The summed E-state index contributed by atoms with van der Waals surface area (Å²) in [7, 11) is 0. The van der Waals surface area contributed by atoms with Crippen LogP contribution in [-0.2, 0) is 16.1 Å². The molecule has 21 heavy (non-hydrogen) atoms. The summed E-state index contributed by atoms with van der Waals surface area (Å²) < 4.78 is 1.51. The van der Waals surface area contributed by atoms with Crippen molar-refractivity contribution in [2.24, 2.45) is 5.41 Å². The van der Waals surface area contributed by atoms with Gasteiger partial charge in [0.1, 0.15) is 6.54 Å². The third-order valence-electron chi connectivity index (χ3n) is 2.88. The highest BCUT2D eigenvalue weighted by molar-refractivity contribution is 5.99. The fourth-order valence-corrected chi connectivity index (χ4v) is 1.67. The molecule has 0 saturated heterocycles. The zero-order valence-corrected chi connectivity index (χ0v) is 12.7. The molecule has 2 amide bonds. The maximum absolute atomic E-state index is 11.7. The number of amides is 2. The van der Waals surface area contributed by atoms with E-state index in [2.05, 4.69) is 15.7 Å². The van der Waals surface area contributed by atoms with Crippen LogP contribution < -0.4 is 10.6 Å². The number of anilines is 1. The second-order valence-electron chi connectivity index (χ2n) is 6.46. The van der Waals surface area contributed by atoms with Gasteiger partial charge in [-0.15, -0.1) is 0 Å². The van der Waals surface area contributed by atoms with Crippen LogP contribution in [0.4, 0.5) is 5.69 Å². The predicted octanol–water partition coefficient (Wildman–Crippen LogP) is 1.70. The monoisotopic (exact) mass is 290 g/mol. The van der Waals surface area contributed by atoms with E-state index in [1.165, 1.54) is 17.0 Å². The molecule has 6 nitrogen and oxygen atoms in total. The number of nitrogens with zero attached hydrogens (tertiary/aromatic N) is 2. The Morgan fingerprint density at radius 3 is 2.76 bits per heavy atom. The molecule has 0 aromatic carbocycles. The molecule has 1 aromatic rings. The molecular weight excluding hydrogens is 268 g/mol. The van der Waals surface area contributed by atoms with E-state index in [-0.39, 0.29) is 23.8 Å². The van der Waals surface area contributed by atoms with E-state index >= 15 is 0 Å². The molecule has 0 aliphatic heterocycles. The zero-order chi connectivity index (χ0) is 15.5. The number of carbonyl (C=O) groups excluding carboxylic acids is 2. The summed E-state index contributed by atoms with van der Waals surface area (Å²) in [5, 5.41) is 9.67. The Morgan fingerprint density at radius 1 is 1.43 bits per heavy atom. The van der Waals surface area contributed by atoms with Crippen molar-refractivity contribution in [2.75, 3.05) is 5.32 Å². The predicted molar refractivity (Wildman–Crippen MR) is 80.6 cm³/mol. The van der Waals surface area contributed by atoms with Gasteiger partial charge in [-0.05, 0) is 24.3 Å². The molecule has 0 atom stereocenters. The van der Waals surface area contributed by atoms with Crippen molar-refractivity contribution in [3.05, 3.63) is 24.5 Å². The van der Waals surface area contributed by atoms with E-state index in [0.717, 1.165) is 12.8 Å². The number of rotatable bonds is 5. The van der Waals surface area contributed by atoms with Gasteiger partial charge in [0.05, 0.1) is 11.9 Å². The smallest absolute Gasteiger partial charge is 0.248 e. The van der Waals surface area contributed by atoms with Gasteiger partial charge >= 0.3 is 0 Å². The number of allylic oxidation sites excluding steroid dienone is 1. The summed E-state index contributed by atoms with van der Waals surface area (Å²) in [6, 6.07) is 0.342. The van der Waals surface area contributed by atoms with Crippen molar-refractivity contribution in [3.63, 3.8) is 0 Å². The average Bonchev–Trinajstić information content (AvgIpc) is 3.06. The van der Waals surface area contributed by atoms with Crippen molar-refractivity contribution in [1.82, 2.24) is 15.1 Å². The SMILES string of the molecule is CC(C)(C)/C=C\C(=O)Nc1cnn(CC(=O)NC2CC2)c1. The van der Waals surface area contributed by atoms with Gasteiger partial charge in [0.2, 0.25) is 11.8 Å². The van der Waals surface area contributed by atoms with Gasteiger partial charge in [0.15, 0.2) is 0 Å². The molecule has 0 spiro atoms. The molecule has 2 N–H and O–H groups in total. The second-order valence-corrected chi connectivity index (χ2v) is 6.46. The van der Waals surface area contributed by atoms with E-state index in [1.807, 2.05) is 26.8 Å². The first-order valence-corrected chi connectivity index (χ1v) is 7.14. The first-order chi connectivity index (χ1) is 9.82. The van der Waals surface area contributed by atoms with Gasteiger partial charge in [-0.25, -0.2) is 0 Å². The third kappa shape index (κ3) is 5.81. The molecule has 1 saturated carbocycles. The molecule has 0 unspecified atom stereocenters. The Morgan fingerprint density at radius 2 is 2.14 bits per heavy atom. The Bertz CT molecular complexity index is 550. The van der Waals surface area contributed by atoms with Gasteiger partial charge in [0, 0.05) is 12.2 Å². The maximum atomic E-state index is 11.7. The normalized spacial score (nSPS) is 15.2. The van der Waals surface area contributed by atoms with Crippen molar-refractivity contribution in [1.29, 1.82) is 0 Å². The lowest BCUT2D eigenvalue weighted by Gasteiger charge is -2.10. The van der Waals surface area contributed by atoms with Crippen molar-refractivity contribution in [2.45, 2.75) is 46.2 Å². The highest BCUT2D eigenvalue weighted by Gasteiger charge is 2.23. The fourth-order valence-electron chi connectivity index (χ4n) is 1.67. The summed E-state index contributed by atoms with van der Waals surface area (Å²) in [4.78, 5) is 23.4. The third-order valence-corrected chi connectivity index (χ3v) is 2.88. The van der Waals surface area contributed by atoms with Gasteiger partial charge < -0.3 is 10.6 Å². The molecule has 1 aromatic heterocycles. The van der Waals surface area contributed by atoms with E-state index in [4.69, 9.17) is 0 Å². The minimum atomic E-state index is -0.202. The summed E-state index contributed by atoms with van der Waals surface area (Å²) in [5.74, 6) is -0.252. The first kappa shape index (κ1) is 15.3. The number of nitrogens with one attached hydrogen (secondary N) is 2. The zero-order valence-electron chi connectivity index (χ0n) is 12.7. The summed E-state index contributed by atoms with van der Waals surface area (Å²) >= 11 is 0. The molecule has 1 fully saturated rings. The number of hydrogen-bond acceptors (Lipinski definition) is 3. The molecule has 0 bridgehead atoms. The molecule has 1 aliphatic rings. The van der Waals surface area contributed by atoms with Crippen LogP contribution >= 0.6 is 0 Å². The van der Waals surface area contributed by atoms with Crippen LogP contribution in [0.15, 0.2) is 24.5 Å². The van der Waals surface area contributed by atoms with E-state index < -0.39 is 0 Å². The number of hydrogen-bond donors (Lipinski definition) is 2. The lowest BCUT2D eigenvalue weighted by atomic mass is 9.96. The van der Waals surface area contributed by atoms with Gasteiger partial charge in [-0.1, -0.05) is 26.8 Å². The second kappa shape index (κ2) is 6.11. The number of aromatic nitrogens is 2. The fraction of sp³-hybridized carbons (Fsp3) is 0.533. The lowest BCUT2D eigenvalue weighted by molar-refractivity contribution is -0.122. The van der Waals surface area contributed by atoms with Crippen molar-refractivity contribution in [3.8, 4) is 0 Å². The Labute approximate surface area is 124 Å². The molecule has 0 radical (unpaired) electrons. The van der Waals surface area contributed by atoms with Gasteiger partial charge in [-0.2, -0.15) is 5.10 Å². The quantitative estimate of drug-likeness (QED) is 0.810. The molecule has 1 heterocycles. The Balaban J connectivity index is 1.83. The molecule has 114 valence electrons. The van der Waals surface area contributed by atoms with Crippen molar-refractivity contribution >= 4 is 17.5 Å². The molecule has 6 heteroatoms. The Kier molecular flexibility index (Phi) is 4.45. The minimum absolute atomic E-state index is 0.0393. The average molecular weight is 290 g/mol. The van der Waals surface area contributed by atoms with Crippen molar-refractivity contribution < 1.29 is 9.59 Å². The van der Waals surface area contributed by atoms with Crippen LogP contribution in [0.1, 0.15) is 33.6 Å². The minimum Gasteiger partial charge on any atom is -0.352 e. The standard InChI is InChI=1S/C15H22N4O2/c1-15(2,3)7-6-13(20)18-12-8-16-19(9-12)10-14(21)17-11-4-5-11/h6-9,11H,4-5,10H2,1-3H3,(H,17,21)(H,18,20)/b7-6-. The van der Waals surface area contributed by atoms with Gasteiger partial charge in [-0.3, -0.25) is 14.3 Å². The largest absolute Gasteiger partial charge is 0.352 e. The van der Waals surface area contributed by atoms with Crippen LogP contribution in [-0.4, -0.2) is 27.6 Å². The summed E-state index contributed by atoms with van der Waals surface area (Å²) in [6.07, 6.45) is 8.66. The molecule has 1 aliphatic carbocycles. The molecular formula is C15H22N4O2. The lowest BCUT2D eigenvalue weighted by Crippen LogP contribution is -2.29. The highest BCUT2D eigenvalue weighted by atomic mass is 16.2. The summed E-state index contributed by atoms with van der Waals surface area (Å²) in [5.41, 5.74) is 0.542. The van der Waals surface area contributed by atoms with E-state index in [0.29, 0.717) is 11.7 Å². The van der Waals surface area contributed by atoms with E-state index in [1.54, 1.807) is 6.20 Å².